The summed E-state index contributed by atoms with van der Waals surface area (Å²) in [5, 5.41) is 0. The van der Waals surface area contributed by atoms with Crippen molar-refractivity contribution in [1.29, 1.82) is 0 Å². The second kappa shape index (κ2) is 18.6. The van der Waals surface area contributed by atoms with Crippen molar-refractivity contribution in [3.05, 3.63) is 77.3 Å². The van der Waals surface area contributed by atoms with Gasteiger partial charge in [0.1, 0.15) is 11.6 Å². The average Bonchev–Trinajstić information content (AvgIpc) is 2.71. The van der Waals surface area contributed by atoms with Crippen molar-refractivity contribution in [3.8, 4) is 0 Å². The molecule has 0 saturated carbocycles. The lowest BCUT2D eigenvalue weighted by molar-refractivity contribution is -0.126. The van der Waals surface area contributed by atoms with Gasteiger partial charge in [-0.25, -0.2) is 0 Å². The molecule has 0 spiro atoms. The molecule has 31 heavy (non-hydrogen) atoms. The fraction of sp³-hybridized carbons (Fsp3) is 0.227. The fourth-order valence-electron chi connectivity index (χ4n) is 2.35. The molecule has 0 aliphatic carbocycles. The molecule has 0 amide bonds. The van der Waals surface area contributed by atoms with Crippen molar-refractivity contribution in [3.63, 3.8) is 0 Å². The van der Waals surface area contributed by atoms with E-state index in [-0.39, 0.29) is 34.3 Å². The first-order valence-electron chi connectivity index (χ1n) is 9.02. The van der Waals surface area contributed by atoms with Crippen molar-refractivity contribution in [2.75, 3.05) is 0 Å². The van der Waals surface area contributed by atoms with Gasteiger partial charge < -0.3 is 5.53 Å². The van der Waals surface area contributed by atoms with Crippen molar-refractivity contribution < 1.29 is 24.0 Å². The van der Waals surface area contributed by atoms with Crippen molar-refractivity contribution in [1.82, 2.24) is 0 Å². The largest absolute Gasteiger partial charge is 0.400 e. The van der Waals surface area contributed by atoms with E-state index in [4.69, 9.17) is 5.53 Å². The number of carbonyl (C=O) groups excluding carboxylic acids is 4. The fourth-order valence-corrected chi connectivity index (χ4v) is 2.35. The molecule has 3 atom stereocenters. The minimum Gasteiger partial charge on any atom is -0.360 e. The van der Waals surface area contributed by atoms with Crippen LogP contribution in [0.15, 0.2) is 60.7 Å². The van der Waals surface area contributed by atoms with Crippen LogP contribution in [0.4, 0.5) is 0 Å². The zero-order valence-electron chi connectivity index (χ0n) is 17.8. The van der Waals surface area contributed by atoms with Gasteiger partial charge in [-0.3, -0.25) is 19.2 Å². The van der Waals surface area contributed by atoms with Gasteiger partial charge in [0, 0.05) is 19.8 Å². The standard InChI is InChI=1S/C11H10N2O2.C11H12O2.H4P2.H3P/c1-8(14)11(13-12)10(15)7-9-5-3-2-4-6-9;1-9(12)7-11(13)8-10-5-3-2-4-6-10;1-2;/h2-6H,7H2,1H3;2-6H,7-8H2,1H3;1-2H2;1H3. The topological polar surface area (TPSA) is 105 Å². The van der Waals surface area contributed by atoms with Gasteiger partial charge in [-0.2, -0.15) is 14.7 Å². The van der Waals surface area contributed by atoms with Gasteiger partial charge in [0.25, 0.3) is 5.78 Å². The molecule has 0 aromatic heterocycles. The van der Waals surface area contributed by atoms with Gasteiger partial charge in [0.2, 0.25) is 5.78 Å². The van der Waals surface area contributed by atoms with Crippen LogP contribution in [0.3, 0.4) is 0 Å². The summed E-state index contributed by atoms with van der Waals surface area (Å²) in [6, 6.07) is 18.4. The van der Waals surface area contributed by atoms with Gasteiger partial charge in [0.15, 0.2) is 0 Å². The Balaban J connectivity index is 0. The first-order valence-corrected chi connectivity index (χ1v) is 11.7. The summed E-state index contributed by atoms with van der Waals surface area (Å²) in [6.45, 7) is 2.63. The lowest BCUT2D eigenvalue weighted by Gasteiger charge is -1.97. The zero-order chi connectivity index (χ0) is 22.9. The monoisotopic (exact) mass is 478 g/mol. The molecule has 6 nitrogen and oxygen atoms in total. The van der Waals surface area contributed by atoms with E-state index in [2.05, 4.69) is 22.6 Å². The molecule has 0 radical (unpaired) electrons. The first kappa shape index (κ1) is 31.0. The molecule has 0 bridgehead atoms. The quantitative estimate of drug-likeness (QED) is 0.190. The first-order chi connectivity index (χ1) is 14.3. The molecular weight excluding hydrogens is 449 g/mol. The summed E-state index contributed by atoms with van der Waals surface area (Å²) < 4.78 is 0. The maximum atomic E-state index is 11.5. The van der Waals surface area contributed by atoms with E-state index in [0.717, 1.165) is 11.1 Å². The Hall–Kier alpha value is -2.21. The van der Waals surface area contributed by atoms with Crippen LogP contribution in [-0.4, -0.2) is 33.6 Å². The molecule has 0 fully saturated rings. The summed E-state index contributed by atoms with van der Waals surface area (Å²) in [6.07, 6.45) is 0.481. The molecule has 166 valence electrons. The van der Waals surface area contributed by atoms with Gasteiger partial charge in [0.05, 0.1) is 6.42 Å². The lowest BCUT2D eigenvalue weighted by Crippen LogP contribution is -2.24. The summed E-state index contributed by atoms with van der Waals surface area (Å²) in [5.74, 6) is -1.09. The predicted octanol–water partition coefficient (Wildman–Crippen LogP) is 3.55. The Labute approximate surface area is 191 Å². The van der Waals surface area contributed by atoms with E-state index in [1.807, 2.05) is 36.4 Å². The Morgan fingerprint density at radius 1 is 0.806 bits per heavy atom. The summed E-state index contributed by atoms with van der Waals surface area (Å²) in [7, 11) is 4.67. The second-order valence-electron chi connectivity index (χ2n) is 6.17. The second-order valence-corrected chi connectivity index (χ2v) is 6.17. The van der Waals surface area contributed by atoms with E-state index in [9.17, 15) is 19.2 Å². The Morgan fingerprint density at radius 2 is 1.23 bits per heavy atom. The smallest absolute Gasteiger partial charge is 0.360 e. The van der Waals surface area contributed by atoms with Crippen LogP contribution in [0.1, 0.15) is 31.4 Å². The zero-order valence-corrected chi connectivity index (χ0v) is 21.5. The normalized spacial score (nSPS) is 8.65. The van der Waals surface area contributed by atoms with Crippen LogP contribution < -0.4 is 0 Å². The summed E-state index contributed by atoms with van der Waals surface area (Å²) >= 11 is 0. The van der Waals surface area contributed by atoms with Crippen LogP contribution in [0.5, 0.6) is 0 Å². The van der Waals surface area contributed by atoms with Crippen LogP contribution in [0, 0.1) is 0 Å². The highest BCUT2D eigenvalue weighted by molar-refractivity contribution is 7.92. The Kier molecular flexibility index (Phi) is 18.5. The average molecular weight is 478 g/mol. The molecule has 0 saturated heterocycles. The minimum atomic E-state index is -0.529. The van der Waals surface area contributed by atoms with E-state index in [1.165, 1.54) is 13.8 Å². The third-order valence-electron chi connectivity index (χ3n) is 3.60. The third-order valence-corrected chi connectivity index (χ3v) is 3.60. The molecule has 0 N–H and O–H groups in total. The summed E-state index contributed by atoms with van der Waals surface area (Å²) in [4.78, 5) is 46.9. The van der Waals surface area contributed by atoms with Crippen molar-refractivity contribution >= 4 is 56.6 Å². The Morgan fingerprint density at radius 3 is 1.58 bits per heavy atom. The molecule has 0 aliphatic heterocycles. The number of carbonyl (C=O) groups is 4. The number of nitrogens with zero attached hydrogens (tertiary/aromatic N) is 2. The van der Waals surface area contributed by atoms with Gasteiger partial charge in [-0.15, -0.1) is 17.9 Å². The molecule has 2 rings (SSSR count). The molecule has 2 aromatic carbocycles. The van der Waals surface area contributed by atoms with Crippen LogP contribution in [0.25, 0.3) is 5.53 Å². The lowest BCUT2D eigenvalue weighted by atomic mass is 10.0. The number of Topliss-reactive ketones (excluding diaryl/α,β-unsaturated/α-hetero) is 4. The predicted molar refractivity (Wildman–Crippen MR) is 135 cm³/mol. The molecular formula is C22H29N2O4P3. The van der Waals surface area contributed by atoms with Gasteiger partial charge >= 0.3 is 5.71 Å². The van der Waals surface area contributed by atoms with Gasteiger partial charge in [-0.1, -0.05) is 60.7 Å². The van der Waals surface area contributed by atoms with Crippen molar-refractivity contribution in [2.45, 2.75) is 33.1 Å². The van der Waals surface area contributed by atoms with E-state index in [1.54, 1.807) is 24.3 Å². The van der Waals surface area contributed by atoms with Crippen molar-refractivity contribution in [2.24, 2.45) is 0 Å². The van der Waals surface area contributed by atoms with Gasteiger partial charge in [-0.05, 0) is 18.1 Å². The molecule has 3 unspecified atom stereocenters. The molecule has 2 aromatic rings. The molecule has 0 heterocycles. The summed E-state index contributed by atoms with van der Waals surface area (Å²) in [5.41, 5.74) is 9.84. The maximum absolute atomic E-state index is 11.5. The van der Waals surface area contributed by atoms with Crippen LogP contribution in [0.2, 0.25) is 0 Å². The number of ketones is 4. The molecule has 0 aliphatic rings. The Bertz CT molecular complexity index is 897. The molecule has 9 heteroatoms. The highest BCUT2D eigenvalue weighted by Crippen LogP contribution is 2.02. The van der Waals surface area contributed by atoms with E-state index < -0.39 is 17.3 Å². The third kappa shape index (κ3) is 14.4. The minimum absolute atomic E-state index is 0. The van der Waals surface area contributed by atoms with Crippen LogP contribution >= 0.6 is 27.8 Å². The number of benzene rings is 2. The highest BCUT2D eigenvalue weighted by Gasteiger charge is 2.24. The number of hydrogen-bond donors (Lipinski definition) is 0. The number of hydrogen-bond acceptors (Lipinski definition) is 4. The maximum Gasteiger partial charge on any atom is 0.400 e. The highest BCUT2D eigenvalue weighted by atomic mass is 32.0. The number of rotatable bonds is 8. The SMILES string of the molecule is CC(=O)C(=[N+]=[N-])C(=O)Cc1ccccc1.CC(=O)CC(=O)Cc1ccccc1.P.PP. The van der Waals surface area contributed by atoms with E-state index >= 15 is 0 Å². The van der Waals surface area contributed by atoms with E-state index in [0.29, 0.717) is 6.42 Å². The van der Waals surface area contributed by atoms with Crippen LogP contribution in [-0.2, 0) is 32.0 Å².